The number of carbonyl (C=O) groups is 1. The van der Waals surface area contributed by atoms with Crippen LogP contribution in [0.1, 0.15) is 34.0 Å². The van der Waals surface area contributed by atoms with E-state index in [2.05, 4.69) is 4.98 Å². The normalized spacial score (nSPS) is 11.6. The lowest BCUT2D eigenvalue weighted by molar-refractivity contribution is 0.0526. The Morgan fingerprint density at radius 3 is 2.34 bits per heavy atom. The van der Waals surface area contributed by atoms with Gasteiger partial charge in [-0.3, -0.25) is 4.79 Å². The molecule has 0 unspecified atom stereocenters. The molecule has 180 valence electrons. The summed E-state index contributed by atoms with van der Waals surface area (Å²) < 4.78 is 33.6. The topological polar surface area (TPSA) is 96.5 Å². The fourth-order valence-corrected chi connectivity index (χ4v) is 5.21. The van der Waals surface area contributed by atoms with E-state index in [4.69, 9.17) is 4.74 Å². The summed E-state index contributed by atoms with van der Waals surface area (Å²) in [4.78, 5) is 27.7. The third kappa shape index (κ3) is 5.50. The predicted molar refractivity (Wildman–Crippen MR) is 135 cm³/mol. The van der Waals surface area contributed by atoms with Crippen LogP contribution < -0.4 is 5.56 Å². The highest BCUT2D eigenvalue weighted by molar-refractivity contribution is 7.89. The molecule has 0 aliphatic rings. The molecule has 0 fully saturated rings. The Bertz CT molecular complexity index is 1510. The van der Waals surface area contributed by atoms with Crippen molar-refractivity contribution in [2.45, 2.75) is 31.8 Å². The molecule has 1 heterocycles. The van der Waals surface area contributed by atoms with E-state index in [1.807, 2.05) is 55.5 Å². The Kier molecular flexibility index (Phi) is 7.14. The highest BCUT2D eigenvalue weighted by Gasteiger charge is 2.26. The number of nitrogens with zero attached hydrogens (tertiary/aromatic N) is 1. The van der Waals surface area contributed by atoms with Gasteiger partial charge in [-0.2, -0.15) is 4.31 Å². The van der Waals surface area contributed by atoms with Crippen LogP contribution in [0.4, 0.5) is 0 Å². The van der Waals surface area contributed by atoms with Crippen LogP contribution >= 0.6 is 0 Å². The third-order valence-electron chi connectivity index (χ3n) is 5.63. The van der Waals surface area contributed by atoms with Crippen molar-refractivity contribution in [3.05, 3.63) is 111 Å². The van der Waals surface area contributed by atoms with Gasteiger partial charge in [0, 0.05) is 24.2 Å². The zero-order valence-corrected chi connectivity index (χ0v) is 20.3. The average Bonchev–Trinajstić information content (AvgIpc) is 2.85. The van der Waals surface area contributed by atoms with E-state index in [0.29, 0.717) is 11.1 Å². The number of ether oxygens (including phenoxy) is 1. The molecule has 0 saturated carbocycles. The van der Waals surface area contributed by atoms with Gasteiger partial charge in [-0.15, -0.1) is 0 Å². The molecule has 1 aromatic heterocycles. The maximum Gasteiger partial charge on any atom is 0.338 e. The molecule has 3 aromatic carbocycles. The van der Waals surface area contributed by atoms with Gasteiger partial charge >= 0.3 is 5.97 Å². The van der Waals surface area contributed by atoms with Crippen LogP contribution in [-0.4, -0.2) is 30.3 Å². The average molecular weight is 491 g/mol. The van der Waals surface area contributed by atoms with E-state index in [-0.39, 0.29) is 35.7 Å². The maximum atomic E-state index is 13.7. The zero-order chi connectivity index (χ0) is 25.0. The molecule has 4 aromatic rings. The van der Waals surface area contributed by atoms with E-state index in [1.54, 1.807) is 13.0 Å². The maximum absolute atomic E-state index is 13.7. The fraction of sp³-hybridized carbons (Fsp3) is 0.185. The number of rotatable bonds is 8. The zero-order valence-electron chi connectivity index (χ0n) is 19.5. The Labute approximate surface area is 204 Å². The van der Waals surface area contributed by atoms with Gasteiger partial charge in [-0.05, 0) is 66.8 Å². The summed E-state index contributed by atoms with van der Waals surface area (Å²) in [7, 11) is -4.00. The van der Waals surface area contributed by atoms with Crippen LogP contribution in [-0.2, 0) is 27.8 Å². The Hall–Kier alpha value is -3.75. The van der Waals surface area contributed by atoms with Crippen molar-refractivity contribution in [2.24, 2.45) is 0 Å². The molecule has 0 amide bonds. The van der Waals surface area contributed by atoms with Crippen molar-refractivity contribution in [3.8, 4) is 0 Å². The number of aromatic amines is 1. The molecule has 0 bridgehead atoms. The molecule has 0 atom stereocenters. The number of H-pyrrole nitrogens is 1. The number of carbonyl (C=O) groups excluding carboxylic acids is 1. The van der Waals surface area contributed by atoms with Gasteiger partial charge < -0.3 is 9.72 Å². The minimum absolute atomic E-state index is 0.0225. The number of aromatic nitrogens is 1. The van der Waals surface area contributed by atoms with Gasteiger partial charge in [0.15, 0.2) is 0 Å². The molecule has 8 heteroatoms. The lowest BCUT2D eigenvalue weighted by Crippen LogP contribution is -2.32. The summed E-state index contributed by atoms with van der Waals surface area (Å²) in [6.45, 7) is 3.83. The highest BCUT2D eigenvalue weighted by Crippen LogP contribution is 2.22. The van der Waals surface area contributed by atoms with E-state index < -0.39 is 16.0 Å². The van der Waals surface area contributed by atoms with Crippen LogP contribution in [0.25, 0.3) is 10.9 Å². The van der Waals surface area contributed by atoms with Crippen molar-refractivity contribution >= 4 is 26.9 Å². The van der Waals surface area contributed by atoms with Crippen LogP contribution in [0.5, 0.6) is 0 Å². The van der Waals surface area contributed by atoms with Gasteiger partial charge in [-0.25, -0.2) is 13.2 Å². The van der Waals surface area contributed by atoms with Crippen LogP contribution in [0.15, 0.2) is 88.6 Å². The van der Waals surface area contributed by atoms with Gasteiger partial charge in [0.05, 0.1) is 17.1 Å². The monoisotopic (exact) mass is 490 g/mol. The van der Waals surface area contributed by atoms with Crippen molar-refractivity contribution in [2.75, 3.05) is 6.61 Å². The van der Waals surface area contributed by atoms with Gasteiger partial charge in [0.2, 0.25) is 10.0 Å². The number of fused-ring (bicyclic) bond motifs is 1. The second kappa shape index (κ2) is 10.2. The number of esters is 1. The Balaban J connectivity index is 1.72. The number of hydrogen-bond donors (Lipinski definition) is 1. The molecule has 1 N–H and O–H groups in total. The standard InChI is InChI=1S/C27H26N2O5S/c1-3-34-27(31)21-11-13-24(14-12-21)35(32,33)29(17-20-7-5-4-6-8-20)18-23-16-22-10-9-19(2)15-25(22)28-26(23)30/h4-16H,3,17-18H2,1-2H3,(H,28,30). The highest BCUT2D eigenvalue weighted by atomic mass is 32.2. The second-order valence-corrected chi connectivity index (χ2v) is 10.2. The lowest BCUT2D eigenvalue weighted by Gasteiger charge is -2.22. The van der Waals surface area contributed by atoms with Crippen molar-refractivity contribution in [1.82, 2.24) is 9.29 Å². The third-order valence-corrected chi connectivity index (χ3v) is 7.44. The molecular formula is C27H26N2O5S. The molecule has 0 saturated heterocycles. The van der Waals surface area contributed by atoms with Crippen molar-refractivity contribution in [3.63, 3.8) is 0 Å². The Morgan fingerprint density at radius 1 is 0.943 bits per heavy atom. The first-order valence-corrected chi connectivity index (χ1v) is 12.7. The first-order valence-electron chi connectivity index (χ1n) is 11.2. The molecular weight excluding hydrogens is 464 g/mol. The number of benzene rings is 3. The van der Waals surface area contributed by atoms with Crippen molar-refractivity contribution in [1.29, 1.82) is 0 Å². The number of sulfonamides is 1. The van der Waals surface area contributed by atoms with E-state index in [0.717, 1.165) is 16.5 Å². The SMILES string of the molecule is CCOC(=O)c1ccc(S(=O)(=O)N(Cc2ccccc2)Cc2cc3ccc(C)cc3[nH]c2=O)cc1. The van der Waals surface area contributed by atoms with Crippen LogP contribution in [0.2, 0.25) is 0 Å². The summed E-state index contributed by atoms with van der Waals surface area (Å²) in [5.41, 5.74) is 2.76. The second-order valence-electron chi connectivity index (χ2n) is 8.22. The molecule has 0 radical (unpaired) electrons. The molecule has 4 rings (SSSR count). The number of hydrogen-bond acceptors (Lipinski definition) is 5. The van der Waals surface area contributed by atoms with E-state index in [1.165, 1.54) is 28.6 Å². The van der Waals surface area contributed by atoms with Gasteiger partial charge in [-0.1, -0.05) is 42.5 Å². The summed E-state index contributed by atoms with van der Waals surface area (Å²) in [5, 5.41) is 0.820. The predicted octanol–water partition coefficient (Wildman–Crippen LogP) is 4.40. The summed E-state index contributed by atoms with van der Waals surface area (Å²) in [6.07, 6.45) is 0. The summed E-state index contributed by atoms with van der Waals surface area (Å²) in [6, 6.07) is 22.2. The minimum atomic E-state index is -4.00. The lowest BCUT2D eigenvalue weighted by atomic mass is 10.1. The van der Waals surface area contributed by atoms with Crippen molar-refractivity contribution < 1.29 is 17.9 Å². The summed E-state index contributed by atoms with van der Waals surface area (Å²) in [5.74, 6) is -0.518. The molecule has 0 aliphatic heterocycles. The fourth-order valence-electron chi connectivity index (χ4n) is 3.81. The molecule has 7 nitrogen and oxygen atoms in total. The van der Waals surface area contributed by atoms with Crippen LogP contribution in [0, 0.1) is 6.92 Å². The number of nitrogens with one attached hydrogen (secondary N) is 1. The molecule has 0 aliphatic carbocycles. The van der Waals surface area contributed by atoms with Gasteiger partial charge in [0.25, 0.3) is 5.56 Å². The first-order chi connectivity index (χ1) is 16.8. The first kappa shape index (κ1) is 24.4. The number of pyridine rings is 1. The largest absolute Gasteiger partial charge is 0.462 e. The van der Waals surface area contributed by atoms with Gasteiger partial charge in [0.1, 0.15) is 0 Å². The minimum Gasteiger partial charge on any atom is -0.462 e. The Morgan fingerprint density at radius 2 is 1.66 bits per heavy atom. The molecule has 0 spiro atoms. The van der Waals surface area contributed by atoms with Crippen LogP contribution in [0.3, 0.4) is 0 Å². The van der Waals surface area contributed by atoms with E-state index >= 15 is 0 Å². The summed E-state index contributed by atoms with van der Waals surface area (Å²) >= 11 is 0. The number of aryl methyl sites for hydroxylation is 1. The van der Waals surface area contributed by atoms with E-state index in [9.17, 15) is 18.0 Å². The quantitative estimate of drug-likeness (QED) is 0.369. The molecule has 35 heavy (non-hydrogen) atoms. The smallest absolute Gasteiger partial charge is 0.338 e.